The van der Waals surface area contributed by atoms with E-state index in [4.69, 9.17) is 0 Å². The molecule has 33 valence electrons. The van der Waals surface area contributed by atoms with E-state index in [-0.39, 0.29) is 0 Å². The Morgan fingerprint density at radius 3 is 1.71 bits per heavy atom. The van der Waals surface area contributed by atoms with Gasteiger partial charge in [-0.2, -0.15) is 0 Å². The second kappa shape index (κ2) is 1.41. The first-order valence-electron chi connectivity index (χ1n) is 2.20. The standard InChI is InChI=1S/C6H6B/c1-5-3-4-6(2)7-5/h3-4H,1-2H2. The molecule has 0 nitrogen and oxygen atoms in total. The van der Waals surface area contributed by atoms with E-state index in [0.717, 1.165) is 10.9 Å². The lowest BCUT2D eigenvalue weighted by Gasteiger charge is -1.80. The first kappa shape index (κ1) is 4.44. The second-order valence-electron chi connectivity index (χ2n) is 1.63. The van der Waals surface area contributed by atoms with Crippen LogP contribution in [0, 0.1) is 0 Å². The number of allylic oxidation sites excluding steroid dienone is 4. The van der Waals surface area contributed by atoms with Crippen LogP contribution in [0.25, 0.3) is 0 Å². The van der Waals surface area contributed by atoms with Crippen LogP contribution in [0.15, 0.2) is 36.3 Å². The Kier molecular flexibility index (Phi) is 0.897. The molecule has 0 saturated heterocycles. The normalized spacial score (nSPS) is 17.7. The number of hydrogen-bond acceptors (Lipinski definition) is 0. The highest BCUT2D eigenvalue weighted by atomic mass is 13.8. The fourth-order valence-electron chi connectivity index (χ4n) is 0.548. The molecule has 1 aliphatic heterocycles. The summed E-state index contributed by atoms with van der Waals surface area (Å²) in [5.41, 5.74) is 2.09. The molecule has 0 amide bonds. The van der Waals surface area contributed by atoms with Crippen LogP contribution < -0.4 is 0 Å². The maximum absolute atomic E-state index is 3.70. The van der Waals surface area contributed by atoms with Gasteiger partial charge in [-0.15, -0.1) is 13.2 Å². The lowest BCUT2D eigenvalue weighted by Crippen LogP contribution is -1.84. The Balaban J connectivity index is 2.76. The lowest BCUT2D eigenvalue weighted by atomic mass is 9.69. The van der Waals surface area contributed by atoms with Crippen molar-refractivity contribution in [1.29, 1.82) is 0 Å². The predicted molar refractivity (Wildman–Crippen MR) is 33.2 cm³/mol. The van der Waals surface area contributed by atoms with Gasteiger partial charge in [0.2, 0.25) is 0 Å². The summed E-state index contributed by atoms with van der Waals surface area (Å²) in [4.78, 5) is 0. The van der Waals surface area contributed by atoms with Crippen molar-refractivity contribution in [3.63, 3.8) is 0 Å². The Bertz CT molecular complexity index is 126. The third kappa shape index (κ3) is 0.831. The Morgan fingerprint density at radius 1 is 1.14 bits per heavy atom. The highest BCUT2D eigenvalue weighted by molar-refractivity contribution is 6.57. The second-order valence-corrected chi connectivity index (χ2v) is 1.63. The molecule has 0 aromatic heterocycles. The van der Waals surface area contributed by atoms with Crippen LogP contribution in [0.5, 0.6) is 0 Å². The molecule has 0 aliphatic carbocycles. The van der Waals surface area contributed by atoms with Crippen LogP contribution >= 0.6 is 0 Å². The maximum atomic E-state index is 3.70. The van der Waals surface area contributed by atoms with E-state index < -0.39 is 0 Å². The zero-order chi connectivity index (χ0) is 5.28. The molecule has 1 heterocycles. The minimum Gasteiger partial charge on any atom is -0.105 e. The van der Waals surface area contributed by atoms with Gasteiger partial charge in [0.15, 0.2) is 7.28 Å². The van der Waals surface area contributed by atoms with E-state index in [1.165, 1.54) is 0 Å². The van der Waals surface area contributed by atoms with Crippen molar-refractivity contribution in [3.8, 4) is 0 Å². The lowest BCUT2D eigenvalue weighted by molar-refractivity contribution is 1.98. The van der Waals surface area contributed by atoms with Gasteiger partial charge in [0.25, 0.3) is 0 Å². The van der Waals surface area contributed by atoms with E-state index in [2.05, 4.69) is 13.2 Å². The van der Waals surface area contributed by atoms with Gasteiger partial charge >= 0.3 is 0 Å². The van der Waals surface area contributed by atoms with Gasteiger partial charge in [0, 0.05) is 0 Å². The average molecular weight is 88.9 g/mol. The molecule has 1 heteroatoms. The van der Waals surface area contributed by atoms with Crippen LogP contribution in [0.3, 0.4) is 0 Å². The Morgan fingerprint density at radius 2 is 1.57 bits per heavy atom. The quantitative estimate of drug-likeness (QED) is 0.392. The van der Waals surface area contributed by atoms with Gasteiger partial charge < -0.3 is 0 Å². The summed E-state index contributed by atoms with van der Waals surface area (Å²) < 4.78 is 0. The first-order valence-corrected chi connectivity index (χ1v) is 2.20. The molecular weight excluding hydrogens is 82.9 g/mol. The summed E-state index contributed by atoms with van der Waals surface area (Å²) in [5.74, 6) is 0. The van der Waals surface area contributed by atoms with Gasteiger partial charge in [-0.25, -0.2) is 0 Å². The van der Waals surface area contributed by atoms with E-state index in [9.17, 15) is 0 Å². The van der Waals surface area contributed by atoms with Crippen molar-refractivity contribution < 1.29 is 0 Å². The molecule has 0 saturated carbocycles. The molecule has 0 aromatic rings. The van der Waals surface area contributed by atoms with Gasteiger partial charge in [-0.3, -0.25) is 0 Å². The summed E-state index contributed by atoms with van der Waals surface area (Å²) in [6.07, 6.45) is 3.89. The average Bonchev–Trinajstić information content (AvgIpc) is 1.87. The molecule has 0 bridgehead atoms. The minimum atomic E-state index is 1.05. The SMILES string of the molecule is C=C1[B]C(=C)C=C1. The third-order valence-electron chi connectivity index (χ3n) is 0.882. The summed E-state index contributed by atoms with van der Waals surface area (Å²) in [5, 5.41) is 0. The number of hydrogen-bond donors (Lipinski definition) is 0. The summed E-state index contributed by atoms with van der Waals surface area (Å²) in [6.45, 7) is 7.40. The third-order valence-corrected chi connectivity index (χ3v) is 0.882. The molecule has 1 radical (unpaired) electrons. The largest absolute Gasteiger partial charge is 0.189 e. The van der Waals surface area contributed by atoms with Gasteiger partial charge in [-0.05, 0) is 0 Å². The van der Waals surface area contributed by atoms with Crippen LogP contribution in [-0.2, 0) is 0 Å². The molecule has 0 spiro atoms. The Hall–Kier alpha value is -0.715. The van der Waals surface area contributed by atoms with Crippen LogP contribution in [0.1, 0.15) is 0 Å². The zero-order valence-electron chi connectivity index (χ0n) is 4.15. The number of rotatable bonds is 0. The van der Waals surface area contributed by atoms with Gasteiger partial charge in [0.1, 0.15) is 0 Å². The molecule has 7 heavy (non-hydrogen) atoms. The smallest absolute Gasteiger partial charge is 0.105 e. The van der Waals surface area contributed by atoms with E-state index in [1.54, 1.807) is 0 Å². The van der Waals surface area contributed by atoms with Crippen molar-refractivity contribution in [1.82, 2.24) is 0 Å². The molecule has 0 atom stereocenters. The molecule has 1 aliphatic rings. The highest BCUT2D eigenvalue weighted by Gasteiger charge is 2.00. The highest BCUT2D eigenvalue weighted by Crippen LogP contribution is 2.07. The van der Waals surface area contributed by atoms with Crippen LogP contribution in [0.2, 0.25) is 0 Å². The zero-order valence-corrected chi connectivity index (χ0v) is 4.15. The predicted octanol–water partition coefficient (Wildman–Crippen LogP) is 1.29. The van der Waals surface area contributed by atoms with E-state index in [0.29, 0.717) is 0 Å². The summed E-state index contributed by atoms with van der Waals surface area (Å²) >= 11 is 0. The van der Waals surface area contributed by atoms with Crippen LogP contribution in [0.4, 0.5) is 0 Å². The molecule has 0 N–H and O–H groups in total. The van der Waals surface area contributed by atoms with E-state index in [1.807, 2.05) is 19.4 Å². The molecule has 0 fully saturated rings. The topological polar surface area (TPSA) is 0 Å². The van der Waals surface area contributed by atoms with Gasteiger partial charge in [-0.1, -0.05) is 23.1 Å². The van der Waals surface area contributed by atoms with E-state index >= 15 is 0 Å². The minimum absolute atomic E-state index is 1.05. The summed E-state index contributed by atoms with van der Waals surface area (Å²) in [6, 6.07) is 0. The molecule has 0 unspecified atom stereocenters. The van der Waals surface area contributed by atoms with Crippen molar-refractivity contribution in [2.24, 2.45) is 0 Å². The fraction of sp³-hybridized carbons (Fsp3) is 0. The fourth-order valence-corrected chi connectivity index (χ4v) is 0.548. The molecular formula is C6H6B. The Labute approximate surface area is 44.5 Å². The van der Waals surface area contributed by atoms with Crippen LogP contribution in [-0.4, -0.2) is 7.28 Å². The molecule has 0 aromatic carbocycles. The summed E-state index contributed by atoms with van der Waals surface area (Å²) in [7, 11) is 1.94. The maximum Gasteiger partial charge on any atom is 0.189 e. The van der Waals surface area contributed by atoms with Gasteiger partial charge in [0.05, 0.1) is 0 Å². The van der Waals surface area contributed by atoms with Crippen molar-refractivity contribution in [3.05, 3.63) is 36.3 Å². The van der Waals surface area contributed by atoms with Crippen molar-refractivity contribution in [2.45, 2.75) is 0 Å². The monoisotopic (exact) mass is 89.1 g/mol. The van der Waals surface area contributed by atoms with Crippen molar-refractivity contribution in [2.75, 3.05) is 0 Å². The van der Waals surface area contributed by atoms with Crippen molar-refractivity contribution >= 4 is 7.28 Å². The first-order chi connectivity index (χ1) is 3.29. The molecule has 1 rings (SSSR count).